The molecule has 2 rings (SSSR count). The van der Waals surface area contributed by atoms with E-state index in [4.69, 9.17) is 4.74 Å². The van der Waals surface area contributed by atoms with Crippen molar-refractivity contribution in [3.8, 4) is 0 Å². The molecule has 0 radical (unpaired) electrons. The van der Waals surface area contributed by atoms with Crippen LogP contribution in [-0.4, -0.2) is 64.0 Å². The van der Waals surface area contributed by atoms with Crippen LogP contribution in [0.4, 0.5) is 0 Å². The Hall–Kier alpha value is -3.73. The van der Waals surface area contributed by atoms with E-state index >= 15 is 0 Å². The van der Waals surface area contributed by atoms with Crippen molar-refractivity contribution in [2.75, 3.05) is 6.54 Å². The fraction of sp³-hybridized carbons (Fsp3) is 0.519. The van der Waals surface area contributed by atoms with Crippen LogP contribution < -0.4 is 5.32 Å². The Kier molecular flexibility index (Phi) is 12.4. The molecule has 1 aromatic rings. The first-order valence-electron chi connectivity index (χ1n) is 12.8. The lowest BCUT2D eigenvalue weighted by Crippen LogP contribution is -2.38. The number of aliphatic hydroxyl groups is 1. The Bertz CT molecular complexity index is 1020. The highest BCUT2D eigenvalue weighted by atomic mass is 16.6. The molecular formula is C27H35NO10. The number of amides is 1. The second kappa shape index (κ2) is 15.5. The minimum Gasteiger partial charge on any atom is -0.478 e. The van der Waals surface area contributed by atoms with Crippen LogP contribution in [0.3, 0.4) is 0 Å². The van der Waals surface area contributed by atoms with E-state index in [0.717, 1.165) is 50.0 Å². The highest BCUT2D eigenvalue weighted by Gasteiger charge is 2.33. The van der Waals surface area contributed by atoms with Gasteiger partial charge in [0.05, 0.1) is 17.7 Å². The number of esters is 2. The second-order valence-corrected chi connectivity index (χ2v) is 9.11. The van der Waals surface area contributed by atoms with Crippen LogP contribution in [0.15, 0.2) is 29.8 Å². The van der Waals surface area contributed by atoms with Crippen LogP contribution in [0.1, 0.15) is 102 Å². The molecule has 1 heterocycles. The van der Waals surface area contributed by atoms with Crippen molar-refractivity contribution in [3.05, 3.63) is 46.5 Å². The van der Waals surface area contributed by atoms with Gasteiger partial charge in [-0.15, -0.1) is 0 Å². The van der Waals surface area contributed by atoms with E-state index in [1.54, 1.807) is 0 Å². The van der Waals surface area contributed by atoms with Gasteiger partial charge < -0.3 is 30.1 Å². The molecule has 0 fully saturated rings. The summed E-state index contributed by atoms with van der Waals surface area (Å²) in [5.74, 6) is -5.09. The van der Waals surface area contributed by atoms with E-state index in [9.17, 15) is 39.3 Å². The Morgan fingerprint density at radius 1 is 0.895 bits per heavy atom. The van der Waals surface area contributed by atoms with E-state index in [1.165, 1.54) is 25.7 Å². The number of carboxylic acids is 2. The standard InChI is InChI=1S/C27H35NO10/c1-2-3-4-5-6-7-8-9-10-11-22(29)37-21(20-15-23(30)38-27(20)36)16-28-24(31)17-12-18(25(32)33)14-19(13-17)26(34)35/h12-15,21,27,36H,2-11,16H2,1H3,(H,28,31)(H,32,33)(H,34,35). The summed E-state index contributed by atoms with van der Waals surface area (Å²) in [6.45, 7) is 1.80. The minimum atomic E-state index is -1.65. The topological polar surface area (TPSA) is 177 Å². The van der Waals surface area contributed by atoms with Crippen molar-refractivity contribution < 1.29 is 48.8 Å². The highest BCUT2D eigenvalue weighted by Crippen LogP contribution is 2.21. The van der Waals surface area contributed by atoms with E-state index in [0.29, 0.717) is 6.42 Å². The first kappa shape index (κ1) is 30.5. The number of hydrogen-bond donors (Lipinski definition) is 4. The molecular weight excluding hydrogens is 498 g/mol. The maximum atomic E-state index is 12.7. The van der Waals surface area contributed by atoms with Gasteiger partial charge in [0, 0.05) is 23.6 Å². The van der Waals surface area contributed by atoms with Crippen molar-refractivity contribution >= 4 is 29.8 Å². The van der Waals surface area contributed by atoms with Gasteiger partial charge in [-0.2, -0.15) is 0 Å². The summed E-state index contributed by atoms with van der Waals surface area (Å²) in [5.41, 5.74) is -1.09. The third kappa shape index (κ3) is 9.97. The Morgan fingerprint density at radius 2 is 1.42 bits per heavy atom. The lowest BCUT2D eigenvalue weighted by Gasteiger charge is -2.21. The van der Waals surface area contributed by atoms with Gasteiger partial charge in [0.25, 0.3) is 5.91 Å². The maximum absolute atomic E-state index is 12.7. The van der Waals surface area contributed by atoms with Gasteiger partial charge in [-0.1, -0.05) is 58.3 Å². The third-order valence-corrected chi connectivity index (χ3v) is 6.06. The van der Waals surface area contributed by atoms with Crippen LogP contribution >= 0.6 is 0 Å². The van der Waals surface area contributed by atoms with Crippen molar-refractivity contribution in [3.63, 3.8) is 0 Å². The molecule has 38 heavy (non-hydrogen) atoms. The van der Waals surface area contributed by atoms with E-state index in [1.807, 2.05) is 0 Å². The number of carboxylic acid groups (broad SMARTS) is 2. The second-order valence-electron chi connectivity index (χ2n) is 9.11. The summed E-state index contributed by atoms with van der Waals surface area (Å²) in [6, 6.07) is 2.93. The molecule has 11 nitrogen and oxygen atoms in total. The molecule has 4 N–H and O–H groups in total. The van der Waals surface area contributed by atoms with Gasteiger partial charge in [0.2, 0.25) is 6.29 Å². The molecule has 0 saturated carbocycles. The number of cyclic esters (lactones) is 1. The van der Waals surface area contributed by atoms with Crippen LogP contribution in [0.2, 0.25) is 0 Å². The molecule has 0 aromatic heterocycles. The number of rotatable bonds is 17. The molecule has 1 aliphatic heterocycles. The normalized spacial score (nSPS) is 15.4. The molecule has 2 atom stereocenters. The molecule has 0 spiro atoms. The molecule has 0 bridgehead atoms. The van der Waals surface area contributed by atoms with Gasteiger partial charge in [-0.05, 0) is 24.6 Å². The molecule has 2 unspecified atom stereocenters. The van der Waals surface area contributed by atoms with Crippen molar-refractivity contribution in [1.29, 1.82) is 0 Å². The Balaban J connectivity index is 1.96. The number of hydrogen-bond acceptors (Lipinski definition) is 8. The quantitative estimate of drug-likeness (QED) is 0.171. The highest BCUT2D eigenvalue weighted by molar-refractivity contribution is 6.01. The molecule has 1 amide bonds. The fourth-order valence-corrected chi connectivity index (χ4v) is 3.99. The smallest absolute Gasteiger partial charge is 0.335 e. The lowest BCUT2D eigenvalue weighted by molar-refractivity contribution is -0.154. The summed E-state index contributed by atoms with van der Waals surface area (Å²) in [6.07, 6.45) is 7.80. The summed E-state index contributed by atoms with van der Waals surface area (Å²) in [7, 11) is 0. The van der Waals surface area contributed by atoms with Gasteiger partial charge in [0.1, 0.15) is 6.10 Å². The van der Waals surface area contributed by atoms with Crippen LogP contribution in [-0.2, 0) is 19.1 Å². The van der Waals surface area contributed by atoms with E-state index in [2.05, 4.69) is 17.0 Å². The number of ether oxygens (including phenoxy) is 2. The number of benzene rings is 1. The lowest BCUT2D eigenvalue weighted by atomic mass is 10.0. The molecule has 1 aliphatic rings. The largest absolute Gasteiger partial charge is 0.478 e. The zero-order valence-electron chi connectivity index (χ0n) is 21.4. The summed E-state index contributed by atoms with van der Waals surface area (Å²) in [4.78, 5) is 59.3. The zero-order chi connectivity index (χ0) is 28.1. The van der Waals surface area contributed by atoms with Crippen LogP contribution in [0, 0.1) is 0 Å². The zero-order valence-corrected chi connectivity index (χ0v) is 21.4. The molecule has 11 heteroatoms. The van der Waals surface area contributed by atoms with Gasteiger partial charge >= 0.3 is 23.9 Å². The summed E-state index contributed by atoms with van der Waals surface area (Å²) >= 11 is 0. The van der Waals surface area contributed by atoms with Gasteiger partial charge in [-0.3, -0.25) is 9.59 Å². The van der Waals surface area contributed by atoms with E-state index in [-0.39, 0.29) is 24.1 Å². The number of carbonyl (C=O) groups is 5. The maximum Gasteiger partial charge on any atom is 0.335 e. The number of carbonyl (C=O) groups excluding carboxylic acids is 3. The number of aliphatic hydroxyl groups excluding tert-OH is 1. The summed E-state index contributed by atoms with van der Waals surface area (Å²) < 4.78 is 10.1. The molecule has 208 valence electrons. The Morgan fingerprint density at radius 3 is 1.92 bits per heavy atom. The number of aromatic carboxylic acids is 2. The third-order valence-electron chi connectivity index (χ3n) is 6.06. The predicted octanol–water partition coefficient (Wildman–Crippen LogP) is 3.45. The average molecular weight is 534 g/mol. The SMILES string of the molecule is CCCCCCCCCCCC(=O)OC(CNC(=O)c1cc(C(=O)O)cc(C(=O)O)c1)C1=CC(=O)OC1O. The first-order chi connectivity index (χ1) is 18.1. The first-order valence-corrected chi connectivity index (χ1v) is 12.8. The molecule has 0 aliphatic carbocycles. The molecule has 1 aromatic carbocycles. The average Bonchev–Trinajstić information content (AvgIpc) is 3.22. The van der Waals surface area contributed by atoms with Crippen molar-refractivity contribution in [2.24, 2.45) is 0 Å². The predicted molar refractivity (Wildman–Crippen MR) is 135 cm³/mol. The Labute approximate surface area is 220 Å². The van der Waals surface area contributed by atoms with Crippen molar-refractivity contribution in [1.82, 2.24) is 5.32 Å². The van der Waals surface area contributed by atoms with Gasteiger partial charge in [-0.25, -0.2) is 14.4 Å². The fourth-order valence-electron chi connectivity index (χ4n) is 3.99. The summed E-state index contributed by atoms with van der Waals surface area (Å²) in [5, 5.41) is 30.9. The number of unbranched alkanes of at least 4 members (excludes halogenated alkanes) is 8. The van der Waals surface area contributed by atoms with Crippen molar-refractivity contribution in [2.45, 2.75) is 83.5 Å². The monoisotopic (exact) mass is 533 g/mol. The molecule has 0 saturated heterocycles. The van der Waals surface area contributed by atoms with Crippen LogP contribution in [0.25, 0.3) is 0 Å². The van der Waals surface area contributed by atoms with E-state index < -0.39 is 53.3 Å². The van der Waals surface area contributed by atoms with Crippen LogP contribution in [0.5, 0.6) is 0 Å². The van der Waals surface area contributed by atoms with Gasteiger partial charge in [0.15, 0.2) is 0 Å². The minimum absolute atomic E-state index is 0.0544. The number of nitrogens with one attached hydrogen (secondary N) is 1.